The van der Waals surface area contributed by atoms with Crippen molar-refractivity contribution in [3.63, 3.8) is 0 Å². The van der Waals surface area contributed by atoms with Crippen molar-refractivity contribution in [2.24, 2.45) is 5.92 Å². The second kappa shape index (κ2) is 9.27. The molecule has 5 rings (SSSR count). The van der Waals surface area contributed by atoms with Crippen LogP contribution in [-0.2, 0) is 11.2 Å². The summed E-state index contributed by atoms with van der Waals surface area (Å²) in [5.41, 5.74) is 5.48. The third-order valence-corrected chi connectivity index (χ3v) is 7.31. The number of piperidine rings is 1. The molecule has 7 heteroatoms. The number of aromatic nitrogens is 2. The average molecular weight is 526 g/mol. The maximum Gasteiger partial charge on any atom is 0.226 e. The van der Waals surface area contributed by atoms with Gasteiger partial charge in [-0.15, -0.1) is 0 Å². The van der Waals surface area contributed by atoms with Gasteiger partial charge < -0.3 is 4.90 Å². The Morgan fingerprint density at radius 2 is 1.85 bits per heavy atom. The highest BCUT2D eigenvalue weighted by Gasteiger charge is 2.34. The molecule has 2 aliphatic rings. The molecule has 0 radical (unpaired) electrons. The normalized spacial score (nSPS) is 17.9. The number of hydrogen-bond donors (Lipinski definition) is 1. The summed E-state index contributed by atoms with van der Waals surface area (Å²) in [5.74, 6) is 0.662. The molecule has 1 saturated heterocycles. The molecular weight excluding hydrogens is 502 g/mol. The third kappa shape index (κ3) is 4.68. The predicted molar refractivity (Wildman–Crippen MR) is 131 cm³/mol. The van der Waals surface area contributed by atoms with E-state index in [1.165, 1.54) is 5.56 Å². The number of carbonyl (C=O) groups excluding carboxylic acids is 1. The van der Waals surface area contributed by atoms with Crippen LogP contribution in [-0.4, -0.2) is 34.1 Å². The Bertz CT molecular complexity index is 1170. The van der Waals surface area contributed by atoms with Gasteiger partial charge in [0.1, 0.15) is 0 Å². The fraction of sp³-hybridized carbons (Fsp3) is 0.269. The minimum atomic E-state index is 0.126. The lowest BCUT2D eigenvalue weighted by Gasteiger charge is -2.37. The molecule has 33 heavy (non-hydrogen) atoms. The minimum absolute atomic E-state index is 0.126. The van der Waals surface area contributed by atoms with E-state index >= 15 is 0 Å². The van der Waals surface area contributed by atoms with Gasteiger partial charge in [-0.2, -0.15) is 0 Å². The first kappa shape index (κ1) is 22.1. The van der Waals surface area contributed by atoms with E-state index in [4.69, 9.17) is 16.6 Å². The molecule has 3 aromatic rings. The molecule has 1 fully saturated rings. The van der Waals surface area contributed by atoms with Crippen LogP contribution in [0.1, 0.15) is 46.7 Å². The zero-order valence-corrected chi connectivity index (χ0v) is 20.3. The molecule has 1 amide bonds. The zero-order valence-electron chi connectivity index (χ0n) is 18.0. The molecule has 5 nitrogen and oxygen atoms in total. The summed E-state index contributed by atoms with van der Waals surface area (Å²) < 4.78 is 1.94. The average Bonchev–Trinajstić information content (AvgIpc) is 2.97. The number of fused-ring (bicyclic) bond motifs is 2. The third-order valence-electron chi connectivity index (χ3n) is 6.64. The van der Waals surface area contributed by atoms with Crippen LogP contribution >= 0.6 is 27.5 Å². The number of nitrogens with zero attached hydrogens (tertiary/aromatic N) is 3. The van der Waals surface area contributed by atoms with Gasteiger partial charge in [0.05, 0.1) is 12.1 Å². The second-order valence-corrected chi connectivity index (χ2v) is 10.0. The van der Waals surface area contributed by atoms with Gasteiger partial charge in [-0.3, -0.25) is 15.0 Å². The van der Waals surface area contributed by atoms with Crippen molar-refractivity contribution in [2.75, 3.05) is 13.1 Å². The number of halogens is 2. The van der Waals surface area contributed by atoms with Crippen molar-refractivity contribution < 1.29 is 14.7 Å². The molecule has 1 aliphatic carbocycles. The van der Waals surface area contributed by atoms with E-state index in [0.29, 0.717) is 12.3 Å². The SMILES string of the molecule is O=C(Cc1cc[n+](O)cc1)N1CCC([C@H]2c3ccc(Cl)cc3C=Cc3cc(Br)cnc32)CC1. The van der Waals surface area contributed by atoms with E-state index in [1.54, 1.807) is 24.5 Å². The first-order valence-corrected chi connectivity index (χ1v) is 12.3. The molecule has 1 atom stereocenters. The molecule has 168 valence electrons. The Kier molecular flexibility index (Phi) is 6.21. The number of amides is 1. The molecule has 0 saturated carbocycles. The summed E-state index contributed by atoms with van der Waals surface area (Å²) >= 11 is 9.87. The van der Waals surface area contributed by atoms with Crippen molar-refractivity contribution >= 4 is 45.6 Å². The Morgan fingerprint density at radius 1 is 1.12 bits per heavy atom. The van der Waals surface area contributed by atoms with Gasteiger partial charge in [0.25, 0.3) is 0 Å². The smallest absolute Gasteiger partial charge is 0.226 e. The highest BCUT2D eigenvalue weighted by atomic mass is 79.9. The number of hydrogen-bond acceptors (Lipinski definition) is 3. The summed E-state index contributed by atoms with van der Waals surface area (Å²) in [4.78, 5) is 19.7. The van der Waals surface area contributed by atoms with Gasteiger partial charge in [0.2, 0.25) is 18.3 Å². The lowest BCUT2D eigenvalue weighted by atomic mass is 9.76. The fourth-order valence-electron chi connectivity index (χ4n) is 4.97. The van der Waals surface area contributed by atoms with Crippen LogP contribution in [0.3, 0.4) is 0 Å². The Morgan fingerprint density at radius 3 is 2.61 bits per heavy atom. The highest BCUT2D eigenvalue weighted by molar-refractivity contribution is 9.10. The van der Waals surface area contributed by atoms with Crippen molar-refractivity contribution in [3.8, 4) is 0 Å². The van der Waals surface area contributed by atoms with Gasteiger partial charge in [-0.05, 0) is 75.1 Å². The van der Waals surface area contributed by atoms with E-state index < -0.39 is 0 Å². The van der Waals surface area contributed by atoms with Crippen molar-refractivity contribution in [2.45, 2.75) is 25.2 Å². The zero-order chi connectivity index (χ0) is 22.9. The quantitative estimate of drug-likeness (QED) is 0.381. The monoisotopic (exact) mass is 524 g/mol. The summed E-state index contributed by atoms with van der Waals surface area (Å²) in [7, 11) is 0. The Labute approximate surface area is 206 Å². The van der Waals surface area contributed by atoms with Crippen LogP contribution in [0.2, 0.25) is 5.02 Å². The lowest BCUT2D eigenvalue weighted by Crippen LogP contribution is -2.41. The van der Waals surface area contributed by atoms with Crippen LogP contribution in [0, 0.1) is 5.92 Å². The van der Waals surface area contributed by atoms with Crippen LogP contribution in [0.25, 0.3) is 12.2 Å². The van der Waals surface area contributed by atoms with E-state index in [0.717, 1.165) is 62.5 Å². The maximum absolute atomic E-state index is 12.9. The Balaban J connectivity index is 1.37. The van der Waals surface area contributed by atoms with Crippen molar-refractivity contribution in [1.82, 2.24) is 9.88 Å². The number of carbonyl (C=O) groups is 1. The second-order valence-electron chi connectivity index (χ2n) is 8.69. The molecule has 1 N–H and O–H groups in total. The van der Waals surface area contributed by atoms with E-state index in [1.807, 2.05) is 23.2 Å². The largest absolute Gasteiger partial charge is 0.342 e. The van der Waals surface area contributed by atoms with Gasteiger partial charge in [0.15, 0.2) is 0 Å². The first-order chi connectivity index (χ1) is 16.0. The van der Waals surface area contributed by atoms with Gasteiger partial charge in [-0.25, -0.2) is 0 Å². The number of rotatable bonds is 3. The minimum Gasteiger partial charge on any atom is -0.342 e. The molecular formula is C26H24BrClN3O2+. The summed E-state index contributed by atoms with van der Waals surface area (Å²) in [6.45, 7) is 1.46. The molecule has 1 aromatic carbocycles. The topological polar surface area (TPSA) is 57.3 Å². The maximum atomic E-state index is 12.9. The fourth-order valence-corrected chi connectivity index (χ4v) is 5.50. The molecule has 3 heterocycles. The molecule has 0 unspecified atom stereocenters. The van der Waals surface area contributed by atoms with Crippen LogP contribution in [0.4, 0.5) is 0 Å². The Hall–Kier alpha value is -2.70. The summed E-state index contributed by atoms with van der Waals surface area (Å²) in [6.07, 6.45) is 11.4. The van der Waals surface area contributed by atoms with E-state index in [-0.39, 0.29) is 11.8 Å². The van der Waals surface area contributed by atoms with Crippen molar-refractivity contribution in [3.05, 3.63) is 92.4 Å². The number of likely N-dealkylation sites (tertiary alicyclic amines) is 1. The standard InChI is InChI=1S/C26H24BrClN3O2/c27-21-14-20-2-1-19-15-22(28)3-4-23(19)25(26(20)29-16-21)18-7-9-30(10-8-18)24(32)13-17-5-11-31(33)12-6-17/h1-6,11-12,14-16,18,25,33H,7-10,13H2/q+1/t25-/m0/s1. The van der Waals surface area contributed by atoms with E-state index in [2.05, 4.69) is 40.2 Å². The van der Waals surface area contributed by atoms with E-state index in [9.17, 15) is 10.0 Å². The van der Waals surface area contributed by atoms with Crippen LogP contribution in [0.5, 0.6) is 0 Å². The first-order valence-electron chi connectivity index (χ1n) is 11.1. The number of pyridine rings is 2. The lowest BCUT2D eigenvalue weighted by molar-refractivity contribution is -0.904. The number of benzene rings is 1. The van der Waals surface area contributed by atoms with Gasteiger partial charge in [0, 0.05) is 51.6 Å². The summed E-state index contributed by atoms with van der Waals surface area (Å²) in [6, 6.07) is 11.8. The van der Waals surface area contributed by atoms with Gasteiger partial charge in [-0.1, -0.05) is 29.8 Å². The molecule has 2 aromatic heterocycles. The predicted octanol–water partition coefficient (Wildman–Crippen LogP) is 5.12. The molecule has 1 aliphatic heterocycles. The van der Waals surface area contributed by atoms with Crippen molar-refractivity contribution in [1.29, 1.82) is 0 Å². The molecule has 0 bridgehead atoms. The van der Waals surface area contributed by atoms with Crippen LogP contribution < -0.4 is 4.73 Å². The van der Waals surface area contributed by atoms with Gasteiger partial charge >= 0.3 is 0 Å². The summed E-state index contributed by atoms with van der Waals surface area (Å²) in [5, 5.41) is 10.1. The van der Waals surface area contributed by atoms with Crippen LogP contribution in [0.15, 0.2) is 59.5 Å². The highest BCUT2D eigenvalue weighted by Crippen LogP contribution is 2.43. The molecule has 0 spiro atoms.